The summed E-state index contributed by atoms with van der Waals surface area (Å²) in [4.78, 5) is 17.5. The number of hydrogen-bond acceptors (Lipinski definition) is 4. The predicted octanol–water partition coefficient (Wildman–Crippen LogP) is 5.09. The molecule has 1 aliphatic heterocycles. The van der Waals surface area contributed by atoms with Gasteiger partial charge in [0, 0.05) is 19.8 Å². The number of carbonyl (C=O) groups excluding carboxylic acids is 1. The molecular weight excluding hydrogens is 392 g/mol. The van der Waals surface area contributed by atoms with E-state index in [4.69, 9.17) is 21.3 Å². The first-order chi connectivity index (χ1) is 13.6. The summed E-state index contributed by atoms with van der Waals surface area (Å²) in [5.41, 5.74) is 0.941. The van der Waals surface area contributed by atoms with E-state index in [1.807, 2.05) is 18.2 Å². The van der Waals surface area contributed by atoms with Gasteiger partial charge in [-0.15, -0.1) is 22.9 Å². The molecule has 28 heavy (non-hydrogen) atoms. The van der Waals surface area contributed by atoms with Gasteiger partial charge in [0.15, 0.2) is 0 Å². The van der Waals surface area contributed by atoms with Crippen molar-refractivity contribution in [1.29, 1.82) is 0 Å². The molecule has 0 aromatic carbocycles. The number of rotatable bonds is 11. The Labute approximate surface area is 177 Å². The molecule has 0 spiro atoms. The number of halogens is 1. The van der Waals surface area contributed by atoms with Gasteiger partial charge in [0.25, 0.3) is 0 Å². The summed E-state index contributed by atoms with van der Waals surface area (Å²) in [6.07, 6.45) is 12.0. The van der Waals surface area contributed by atoms with Crippen LogP contribution in [-0.2, 0) is 16.0 Å². The number of carbonyl (C=O) groups is 1. The number of nitrogens with one attached hydrogen (secondary N) is 1. The van der Waals surface area contributed by atoms with Gasteiger partial charge in [-0.2, -0.15) is 0 Å². The minimum Gasteiger partial charge on any atom is -0.381 e. The number of amides is 1. The molecule has 2 unspecified atom stereocenters. The van der Waals surface area contributed by atoms with E-state index in [1.165, 1.54) is 6.08 Å². The van der Waals surface area contributed by atoms with Crippen molar-refractivity contribution in [3.8, 4) is 0 Å². The second-order valence-corrected chi connectivity index (χ2v) is 8.72. The first-order valence-corrected chi connectivity index (χ1v) is 11.2. The molecule has 6 heteroatoms. The van der Waals surface area contributed by atoms with E-state index in [0.29, 0.717) is 18.4 Å². The van der Waals surface area contributed by atoms with Crippen LogP contribution in [0.4, 0.5) is 0 Å². The Hall–Kier alpha value is -1.43. The second kappa shape index (κ2) is 12.2. The van der Waals surface area contributed by atoms with E-state index in [9.17, 15) is 4.79 Å². The van der Waals surface area contributed by atoms with E-state index >= 15 is 0 Å². The zero-order valence-corrected chi connectivity index (χ0v) is 18.2. The van der Waals surface area contributed by atoms with Gasteiger partial charge >= 0.3 is 0 Å². The third kappa shape index (κ3) is 7.19. The fourth-order valence-electron chi connectivity index (χ4n) is 3.40. The van der Waals surface area contributed by atoms with Gasteiger partial charge in [-0.3, -0.25) is 4.79 Å². The van der Waals surface area contributed by atoms with Crippen molar-refractivity contribution in [2.24, 2.45) is 11.8 Å². The summed E-state index contributed by atoms with van der Waals surface area (Å²) in [7, 11) is 0. The van der Waals surface area contributed by atoms with Crippen molar-refractivity contribution in [3.63, 3.8) is 0 Å². The molecule has 1 saturated heterocycles. The summed E-state index contributed by atoms with van der Waals surface area (Å²) in [6.45, 7) is 11.8. The van der Waals surface area contributed by atoms with Crippen LogP contribution in [0.15, 0.2) is 25.3 Å². The van der Waals surface area contributed by atoms with E-state index in [2.05, 4.69) is 25.4 Å². The molecule has 0 bridgehead atoms. The van der Waals surface area contributed by atoms with Crippen LogP contribution in [0.1, 0.15) is 48.2 Å². The Morgan fingerprint density at radius 3 is 2.82 bits per heavy atom. The van der Waals surface area contributed by atoms with Gasteiger partial charge in [-0.25, -0.2) is 4.98 Å². The average molecular weight is 423 g/mol. The number of hydrogen-bond donors (Lipinski definition) is 1. The number of alkyl halides is 1. The molecule has 2 heterocycles. The largest absolute Gasteiger partial charge is 0.381 e. The van der Waals surface area contributed by atoms with Crippen LogP contribution in [0.3, 0.4) is 0 Å². The molecule has 0 radical (unpaired) electrons. The third-order valence-electron chi connectivity index (χ3n) is 5.15. The molecule has 0 aliphatic carbocycles. The minimum atomic E-state index is -0.112. The van der Waals surface area contributed by atoms with Gasteiger partial charge in [0.1, 0.15) is 0 Å². The quantitative estimate of drug-likeness (QED) is 0.399. The van der Waals surface area contributed by atoms with Crippen LogP contribution in [0, 0.1) is 11.8 Å². The lowest BCUT2D eigenvalue weighted by Crippen LogP contribution is -2.34. The van der Waals surface area contributed by atoms with E-state index in [-0.39, 0.29) is 11.3 Å². The molecule has 1 N–H and O–H groups in total. The van der Waals surface area contributed by atoms with Gasteiger partial charge in [-0.05, 0) is 62.2 Å². The fourth-order valence-corrected chi connectivity index (χ4v) is 4.39. The van der Waals surface area contributed by atoms with Gasteiger partial charge < -0.3 is 10.1 Å². The lowest BCUT2D eigenvalue weighted by Gasteiger charge is -2.30. The Morgan fingerprint density at radius 2 is 2.18 bits per heavy atom. The van der Waals surface area contributed by atoms with Crippen LogP contribution in [0.5, 0.6) is 0 Å². The second-order valence-electron chi connectivity index (χ2n) is 7.04. The number of allylic oxidation sites excluding steroid dienone is 1. The predicted molar refractivity (Wildman–Crippen MR) is 120 cm³/mol. The summed E-state index contributed by atoms with van der Waals surface area (Å²) >= 11 is 7.87. The van der Waals surface area contributed by atoms with Crippen LogP contribution in [0.25, 0.3) is 12.2 Å². The standard InChI is InChI=1S/C22H31ClN2O2S/c1-4-18(23)8-9-19-20(5-2)28-22(25-19)10-7-17(15-24-21(26)6-3)16-11-13-27-14-12-16/h5-6,8-9,16-18H,2-4,7,10-15H2,1H3,(H,24,26)/b9-8-. The van der Waals surface area contributed by atoms with Crippen molar-refractivity contribution in [1.82, 2.24) is 10.3 Å². The number of nitrogens with zero attached hydrogens (tertiary/aromatic N) is 1. The maximum absolute atomic E-state index is 11.6. The molecule has 1 amide bonds. The van der Waals surface area contributed by atoms with E-state index in [1.54, 1.807) is 11.3 Å². The van der Waals surface area contributed by atoms with Crippen molar-refractivity contribution in [2.75, 3.05) is 19.8 Å². The molecule has 1 fully saturated rings. The van der Waals surface area contributed by atoms with Crippen molar-refractivity contribution < 1.29 is 9.53 Å². The molecule has 1 aromatic rings. The molecule has 0 saturated carbocycles. The molecular formula is C22H31ClN2O2S. The maximum atomic E-state index is 11.6. The average Bonchev–Trinajstić information content (AvgIpc) is 3.14. The lowest BCUT2D eigenvalue weighted by atomic mass is 9.83. The highest BCUT2D eigenvalue weighted by molar-refractivity contribution is 7.12. The molecule has 154 valence electrons. The van der Waals surface area contributed by atoms with Gasteiger partial charge in [-0.1, -0.05) is 26.2 Å². The van der Waals surface area contributed by atoms with Crippen molar-refractivity contribution >= 4 is 41.0 Å². The number of aryl methyl sites for hydroxylation is 1. The molecule has 1 aromatic heterocycles. The minimum absolute atomic E-state index is 0.0224. The van der Waals surface area contributed by atoms with Crippen LogP contribution < -0.4 is 5.32 Å². The highest BCUT2D eigenvalue weighted by Gasteiger charge is 2.24. The smallest absolute Gasteiger partial charge is 0.243 e. The topological polar surface area (TPSA) is 51.2 Å². The monoisotopic (exact) mass is 422 g/mol. The van der Waals surface area contributed by atoms with Gasteiger partial charge in [0.05, 0.1) is 21.0 Å². The molecule has 1 aliphatic rings. The summed E-state index contributed by atoms with van der Waals surface area (Å²) in [6, 6.07) is 0. The zero-order valence-electron chi connectivity index (χ0n) is 16.7. The number of ether oxygens (including phenoxy) is 1. The van der Waals surface area contributed by atoms with E-state index < -0.39 is 0 Å². The van der Waals surface area contributed by atoms with E-state index in [0.717, 1.165) is 60.9 Å². The Kier molecular flexibility index (Phi) is 9.96. The summed E-state index contributed by atoms with van der Waals surface area (Å²) in [5, 5.41) is 4.10. The molecule has 2 rings (SSSR count). The summed E-state index contributed by atoms with van der Waals surface area (Å²) < 4.78 is 5.51. The Morgan fingerprint density at radius 1 is 1.43 bits per heavy atom. The SMILES string of the molecule is C=CC(=O)NCC(CCc1nc(/C=C\C(Cl)CC)c(C=C)s1)C1CCOCC1. The molecule has 2 atom stereocenters. The van der Waals surface area contributed by atoms with Crippen LogP contribution >= 0.6 is 22.9 Å². The van der Waals surface area contributed by atoms with Crippen LogP contribution in [0.2, 0.25) is 0 Å². The molecule has 4 nitrogen and oxygen atoms in total. The fraction of sp³-hybridized carbons (Fsp3) is 0.545. The number of thiazole rings is 1. The number of aromatic nitrogens is 1. The van der Waals surface area contributed by atoms with Crippen molar-refractivity contribution in [3.05, 3.63) is 40.9 Å². The Bertz CT molecular complexity index is 680. The highest BCUT2D eigenvalue weighted by Crippen LogP contribution is 2.29. The zero-order chi connectivity index (χ0) is 20.4. The first-order valence-electron chi connectivity index (χ1n) is 9.99. The van der Waals surface area contributed by atoms with Crippen LogP contribution in [-0.4, -0.2) is 36.0 Å². The first kappa shape index (κ1) is 22.9. The van der Waals surface area contributed by atoms with Gasteiger partial charge in [0.2, 0.25) is 5.91 Å². The summed E-state index contributed by atoms with van der Waals surface area (Å²) in [5.74, 6) is 0.869. The third-order valence-corrected chi connectivity index (χ3v) is 6.73. The highest BCUT2D eigenvalue weighted by atomic mass is 35.5. The lowest BCUT2D eigenvalue weighted by molar-refractivity contribution is -0.116. The Balaban J connectivity index is 2.03. The maximum Gasteiger partial charge on any atom is 0.243 e. The normalized spacial score (nSPS) is 17.4. The van der Waals surface area contributed by atoms with Crippen molar-refractivity contribution in [2.45, 2.75) is 44.4 Å².